The molecule has 3 aromatic rings. The third-order valence-electron chi connectivity index (χ3n) is 9.56. The smallest absolute Gasteiger partial charge is 0.318 e. The molecule has 0 bridgehead atoms. The maximum absolute atomic E-state index is 14.6. The van der Waals surface area contributed by atoms with Gasteiger partial charge < -0.3 is 29.2 Å². The summed E-state index contributed by atoms with van der Waals surface area (Å²) in [5.41, 5.74) is 2.58. The van der Waals surface area contributed by atoms with Crippen LogP contribution in [0.2, 0.25) is 5.02 Å². The van der Waals surface area contributed by atoms with Crippen LogP contribution in [-0.2, 0) is 17.8 Å². The molecule has 0 radical (unpaired) electrons. The predicted molar refractivity (Wildman–Crippen MR) is 175 cm³/mol. The molecule has 3 aliphatic rings. The van der Waals surface area contributed by atoms with Gasteiger partial charge in [0, 0.05) is 54.8 Å². The average Bonchev–Trinajstić information content (AvgIpc) is 3.53. The van der Waals surface area contributed by atoms with Gasteiger partial charge in [0.05, 0.1) is 23.9 Å². The number of rotatable bonds is 8. The van der Waals surface area contributed by atoms with Gasteiger partial charge in [-0.05, 0) is 50.9 Å². The Kier molecular flexibility index (Phi) is 9.29. The van der Waals surface area contributed by atoms with Crippen LogP contribution in [0.15, 0.2) is 42.7 Å². The SMILES string of the molecule is [C-]#[N+]C[C@H]1CN(c2nc(OC[C@H]3CCC[C@@H]3N(C)C)nc3c2CCN(c2cccc4ccc(F)c(Cl)c24)C3)CCN1C(=O)C(=C)F. The van der Waals surface area contributed by atoms with Gasteiger partial charge >= 0.3 is 6.01 Å². The molecule has 1 saturated heterocycles. The third kappa shape index (κ3) is 6.20. The maximum Gasteiger partial charge on any atom is 0.318 e. The molecule has 2 aliphatic heterocycles. The first-order chi connectivity index (χ1) is 22.2. The zero-order valence-electron chi connectivity index (χ0n) is 26.2. The van der Waals surface area contributed by atoms with E-state index < -0.39 is 23.6 Å². The van der Waals surface area contributed by atoms with Crippen LogP contribution in [0.5, 0.6) is 6.01 Å². The minimum absolute atomic E-state index is 0.0337. The monoisotopic (exact) mass is 649 g/mol. The molecule has 3 atom stereocenters. The lowest BCUT2D eigenvalue weighted by Gasteiger charge is -2.41. The Morgan fingerprint density at radius 1 is 1.17 bits per heavy atom. The van der Waals surface area contributed by atoms with Crippen molar-refractivity contribution in [2.45, 2.75) is 44.3 Å². The molecule has 1 aliphatic carbocycles. The van der Waals surface area contributed by atoms with Gasteiger partial charge in [-0.25, -0.2) is 15.4 Å². The van der Waals surface area contributed by atoms with E-state index in [0.29, 0.717) is 62.4 Å². The second-order valence-corrected chi connectivity index (χ2v) is 12.9. The van der Waals surface area contributed by atoms with Gasteiger partial charge in [-0.15, -0.1) is 0 Å². The lowest BCUT2D eigenvalue weighted by atomic mass is 10.0. The Morgan fingerprint density at radius 2 is 2.00 bits per heavy atom. The first-order valence-electron chi connectivity index (χ1n) is 15.7. The van der Waals surface area contributed by atoms with E-state index in [-0.39, 0.29) is 24.1 Å². The number of nitrogens with zero attached hydrogens (tertiary/aromatic N) is 7. The van der Waals surface area contributed by atoms with Crippen LogP contribution in [0.3, 0.4) is 0 Å². The highest BCUT2D eigenvalue weighted by molar-refractivity contribution is 6.36. The minimum atomic E-state index is -1.03. The molecule has 1 aromatic heterocycles. The molecule has 0 unspecified atom stereocenters. The Morgan fingerprint density at radius 3 is 2.76 bits per heavy atom. The average molecular weight is 650 g/mol. The summed E-state index contributed by atoms with van der Waals surface area (Å²) in [4.78, 5) is 33.8. The molecule has 1 saturated carbocycles. The van der Waals surface area contributed by atoms with Gasteiger partial charge in [0.1, 0.15) is 17.7 Å². The van der Waals surface area contributed by atoms with Crippen LogP contribution in [-0.4, -0.2) is 91.2 Å². The Bertz CT molecular complexity index is 1700. The molecule has 6 rings (SSSR count). The summed E-state index contributed by atoms with van der Waals surface area (Å²) < 4.78 is 34.8. The molecule has 46 heavy (non-hydrogen) atoms. The van der Waals surface area contributed by atoms with Gasteiger partial charge in [0.25, 0.3) is 5.91 Å². The highest BCUT2D eigenvalue weighted by atomic mass is 35.5. The summed E-state index contributed by atoms with van der Waals surface area (Å²) >= 11 is 6.50. The van der Waals surface area contributed by atoms with Crippen LogP contribution in [0.4, 0.5) is 20.3 Å². The number of ether oxygens (including phenoxy) is 1. The van der Waals surface area contributed by atoms with Gasteiger partial charge in [-0.2, -0.15) is 9.97 Å². The molecule has 0 N–H and O–H groups in total. The molecule has 2 fully saturated rings. The second kappa shape index (κ2) is 13.4. The van der Waals surface area contributed by atoms with Crippen molar-refractivity contribution >= 4 is 39.8 Å². The highest BCUT2D eigenvalue weighted by Crippen LogP contribution is 2.38. The number of hydrogen-bond donors (Lipinski definition) is 0. The van der Waals surface area contributed by atoms with Crippen molar-refractivity contribution in [2.24, 2.45) is 5.92 Å². The lowest BCUT2D eigenvalue weighted by Crippen LogP contribution is -2.57. The number of anilines is 2. The summed E-state index contributed by atoms with van der Waals surface area (Å²) in [7, 11) is 4.19. The van der Waals surface area contributed by atoms with E-state index in [2.05, 4.69) is 40.2 Å². The van der Waals surface area contributed by atoms with E-state index in [9.17, 15) is 13.6 Å². The Hall–Kier alpha value is -4.01. The van der Waals surface area contributed by atoms with Crippen LogP contribution in [0, 0.1) is 18.3 Å². The molecule has 2 aromatic carbocycles. The fourth-order valence-electron chi connectivity index (χ4n) is 7.28. The number of benzene rings is 2. The number of carbonyl (C=O) groups is 1. The third-order valence-corrected chi connectivity index (χ3v) is 9.93. The van der Waals surface area contributed by atoms with Crippen molar-refractivity contribution in [3.05, 3.63) is 76.3 Å². The summed E-state index contributed by atoms with van der Waals surface area (Å²) in [6.07, 6.45) is 3.94. The number of carbonyl (C=O) groups excluding carboxylic acids is 1. The first kappa shape index (κ1) is 32.0. The van der Waals surface area contributed by atoms with Gasteiger partial charge in [0.15, 0.2) is 5.83 Å². The predicted octanol–water partition coefficient (Wildman–Crippen LogP) is 5.51. The first-order valence-corrected chi connectivity index (χ1v) is 16.1. The maximum atomic E-state index is 14.6. The van der Waals surface area contributed by atoms with E-state index >= 15 is 0 Å². The summed E-state index contributed by atoms with van der Waals surface area (Å²) in [5.74, 6) is -1.22. The normalized spacial score (nSPS) is 21.4. The molecule has 242 valence electrons. The Balaban J connectivity index is 1.35. The molecule has 12 heteroatoms. The summed E-state index contributed by atoms with van der Waals surface area (Å²) in [6, 6.07) is 9.10. The number of halogens is 3. The molecular weight excluding hydrogens is 612 g/mol. The van der Waals surface area contributed by atoms with Crippen LogP contribution < -0.4 is 14.5 Å². The topological polar surface area (TPSA) is 69.4 Å². The van der Waals surface area contributed by atoms with Gasteiger partial charge in [0.2, 0.25) is 6.54 Å². The second-order valence-electron chi connectivity index (χ2n) is 12.5. The molecular formula is C34H38ClF2N7O2. The van der Waals surface area contributed by atoms with Crippen molar-refractivity contribution in [1.29, 1.82) is 0 Å². The van der Waals surface area contributed by atoms with E-state index in [1.807, 2.05) is 18.2 Å². The van der Waals surface area contributed by atoms with Crippen LogP contribution in [0.25, 0.3) is 15.6 Å². The molecule has 1 amide bonds. The van der Waals surface area contributed by atoms with Crippen molar-refractivity contribution in [1.82, 2.24) is 19.8 Å². The number of amides is 1. The zero-order valence-corrected chi connectivity index (χ0v) is 26.9. The zero-order chi connectivity index (χ0) is 32.5. The fourth-order valence-corrected chi connectivity index (χ4v) is 7.55. The number of fused-ring (bicyclic) bond motifs is 2. The minimum Gasteiger partial charge on any atom is -0.463 e. The van der Waals surface area contributed by atoms with Crippen molar-refractivity contribution in [3.8, 4) is 6.01 Å². The molecule has 9 nitrogen and oxygen atoms in total. The van der Waals surface area contributed by atoms with Crippen LogP contribution in [0.1, 0.15) is 30.5 Å². The van der Waals surface area contributed by atoms with E-state index in [0.717, 1.165) is 41.6 Å². The fraction of sp³-hybridized carbons (Fsp3) is 0.471. The van der Waals surface area contributed by atoms with Gasteiger partial charge in [-0.1, -0.05) is 42.8 Å². The van der Waals surface area contributed by atoms with E-state index in [1.54, 1.807) is 6.07 Å². The highest BCUT2D eigenvalue weighted by Gasteiger charge is 2.37. The lowest BCUT2D eigenvalue weighted by molar-refractivity contribution is -0.131. The Labute approximate surface area is 273 Å². The largest absolute Gasteiger partial charge is 0.463 e. The number of piperazine rings is 1. The van der Waals surface area contributed by atoms with Crippen molar-refractivity contribution < 1.29 is 18.3 Å². The van der Waals surface area contributed by atoms with Crippen molar-refractivity contribution in [2.75, 3.05) is 63.2 Å². The molecule has 3 heterocycles. The van der Waals surface area contributed by atoms with Crippen LogP contribution >= 0.6 is 11.6 Å². The van der Waals surface area contributed by atoms with Crippen molar-refractivity contribution in [3.63, 3.8) is 0 Å². The molecule has 0 spiro atoms. The number of aromatic nitrogens is 2. The quantitative estimate of drug-likeness (QED) is 0.235. The summed E-state index contributed by atoms with van der Waals surface area (Å²) in [6.45, 7) is 13.2. The number of hydrogen-bond acceptors (Lipinski definition) is 7. The van der Waals surface area contributed by atoms with Gasteiger partial charge in [-0.3, -0.25) is 4.79 Å². The van der Waals surface area contributed by atoms with E-state index in [4.69, 9.17) is 32.9 Å². The standard InChI is InChI=1S/C34H38ClF2N7O2/c1-21(36)33(45)44-16-15-43(18-24(44)17-38-2)32-25-13-14-42(29-10-5-7-22-11-12-26(37)31(35)30(22)29)19-27(25)39-34(40-32)46-20-23-8-6-9-28(23)41(3)4/h5,7,10-12,23-24,28H,1,6,8-9,13-20H2,3-4H3/t23-,24+,28+/m1/s1. The van der Waals surface area contributed by atoms with E-state index in [1.165, 1.54) is 11.0 Å². The summed E-state index contributed by atoms with van der Waals surface area (Å²) in [5, 5.41) is 1.60.